The standard InChI is InChI=1S/C18H18FN/c19-18-8-6-16(7-9-18)17-10-12-20(13-11-17)14-15-4-2-1-3-5-15/h1-10H,11-14H2/p+1. The highest BCUT2D eigenvalue weighted by Gasteiger charge is 2.16. The van der Waals surface area contributed by atoms with Crippen molar-refractivity contribution in [2.75, 3.05) is 13.1 Å². The molecule has 20 heavy (non-hydrogen) atoms. The molecule has 0 saturated heterocycles. The Morgan fingerprint density at radius 3 is 2.35 bits per heavy atom. The van der Waals surface area contributed by atoms with Gasteiger partial charge in [-0.15, -0.1) is 0 Å². The summed E-state index contributed by atoms with van der Waals surface area (Å²) in [6.45, 7) is 3.26. The van der Waals surface area contributed by atoms with Gasteiger partial charge in [0.1, 0.15) is 12.4 Å². The number of nitrogens with one attached hydrogen (secondary N) is 1. The van der Waals surface area contributed by atoms with Crippen LogP contribution in [0.5, 0.6) is 0 Å². The van der Waals surface area contributed by atoms with Gasteiger partial charge in [-0.25, -0.2) is 4.39 Å². The molecule has 3 rings (SSSR count). The summed E-state index contributed by atoms with van der Waals surface area (Å²) in [5, 5.41) is 0. The van der Waals surface area contributed by atoms with E-state index in [-0.39, 0.29) is 5.82 Å². The fourth-order valence-electron chi connectivity index (χ4n) is 2.75. The van der Waals surface area contributed by atoms with Crippen LogP contribution in [0.1, 0.15) is 17.5 Å². The predicted octanol–water partition coefficient (Wildman–Crippen LogP) is 2.70. The highest BCUT2D eigenvalue weighted by molar-refractivity contribution is 5.65. The molecule has 1 aliphatic rings. The van der Waals surface area contributed by atoms with E-state index in [2.05, 4.69) is 36.4 Å². The van der Waals surface area contributed by atoms with Crippen molar-refractivity contribution in [3.05, 3.63) is 77.6 Å². The second-order valence-corrected chi connectivity index (χ2v) is 5.35. The Kier molecular flexibility index (Phi) is 3.93. The molecule has 1 heterocycles. The van der Waals surface area contributed by atoms with Gasteiger partial charge in [0.25, 0.3) is 0 Å². The van der Waals surface area contributed by atoms with Crippen molar-refractivity contribution >= 4 is 5.57 Å². The average Bonchev–Trinajstić information content (AvgIpc) is 2.50. The normalized spacial score (nSPS) is 18.6. The molecule has 2 aromatic rings. The van der Waals surface area contributed by atoms with Crippen LogP contribution in [0, 0.1) is 5.82 Å². The fourth-order valence-corrected chi connectivity index (χ4v) is 2.75. The number of quaternary nitrogens is 1. The third-order valence-corrected chi connectivity index (χ3v) is 3.90. The largest absolute Gasteiger partial charge is 0.328 e. The summed E-state index contributed by atoms with van der Waals surface area (Å²) < 4.78 is 12.9. The first-order valence-electron chi connectivity index (χ1n) is 7.14. The van der Waals surface area contributed by atoms with Crippen LogP contribution in [-0.4, -0.2) is 13.1 Å². The molecular weight excluding hydrogens is 249 g/mol. The molecular formula is C18H19FN+. The molecule has 1 aliphatic heterocycles. The van der Waals surface area contributed by atoms with Crippen LogP contribution < -0.4 is 4.90 Å². The number of halogens is 1. The zero-order valence-corrected chi connectivity index (χ0v) is 11.5. The second kappa shape index (κ2) is 6.02. The van der Waals surface area contributed by atoms with E-state index in [1.54, 1.807) is 17.0 Å². The van der Waals surface area contributed by atoms with E-state index in [1.165, 1.54) is 11.1 Å². The van der Waals surface area contributed by atoms with E-state index in [4.69, 9.17) is 0 Å². The molecule has 2 aromatic carbocycles. The molecule has 0 amide bonds. The molecule has 1 unspecified atom stereocenters. The Hall–Kier alpha value is -1.93. The lowest BCUT2D eigenvalue weighted by molar-refractivity contribution is -0.908. The van der Waals surface area contributed by atoms with Gasteiger partial charge in [-0.1, -0.05) is 42.5 Å². The first-order valence-corrected chi connectivity index (χ1v) is 7.14. The zero-order valence-electron chi connectivity index (χ0n) is 11.5. The number of benzene rings is 2. The van der Waals surface area contributed by atoms with Crippen molar-refractivity contribution in [2.45, 2.75) is 13.0 Å². The average molecular weight is 268 g/mol. The third-order valence-electron chi connectivity index (χ3n) is 3.90. The molecule has 1 atom stereocenters. The minimum atomic E-state index is -0.165. The summed E-state index contributed by atoms with van der Waals surface area (Å²) in [4.78, 5) is 1.59. The van der Waals surface area contributed by atoms with E-state index in [0.717, 1.165) is 31.6 Å². The van der Waals surface area contributed by atoms with Crippen LogP contribution in [0.4, 0.5) is 4.39 Å². The zero-order chi connectivity index (χ0) is 13.8. The monoisotopic (exact) mass is 268 g/mol. The van der Waals surface area contributed by atoms with E-state index < -0.39 is 0 Å². The maximum atomic E-state index is 12.9. The molecule has 0 fully saturated rings. The predicted molar refractivity (Wildman–Crippen MR) is 79.8 cm³/mol. The lowest BCUT2D eigenvalue weighted by Crippen LogP contribution is -3.11. The van der Waals surface area contributed by atoms with Gasteiger partial charge >= 0.3 is 0 Å². The summed E-state index contributed by atoms with van der Waals surface area (Å²) >= 11 is 0. The molecule has 2 heteroatoms. The van der Waals surface area contributed by atoms with Crippen LogP contribution in [0.3, 0.4) is 0 Å². The van der Waals surface area contributed by atoms with Gasteiger partial charge in [0.05, 0.1) is 13.1 Å². The summed E-state index contributed by atoms with van der Waals surface area (Å²) in [6.07, 6.45) is 3.36. The van der Waals surface area contributed by atoms with Gasteiger partial charge in [-0.05, 0) is 29.3 Å². The van der Waals surface area contributed by atoms with Crippen molar-refractivity contribution < 1.29 is 9.29 Å². The Bertz CT molecular complexity index is 587. The highest BCUT2D eigenvalue weighted by atomic mass is 19.1. The van der Waals surface area contributed by atoms with E-state index >= 15 is 0 Å². The Balaban J connectivity index is 1.64. The topological polar surface area (TPSA) is 4.44 Å². The molecule has 0 spiro atoms. The van der Waals surface area contributed by atoms with Crippen molar-refractivity contribution in [2.24, 2.45) is 0 Å². The van der Waals surface area contributed by atoms with Gasteiger partial charge < -0.3 is 4.90 Å². The van der Waals surface area contributed by atoms with Crippen molar-refractivity contribution in [1.82, 2.24) is 0 Å². The molecule has 1 nitrogen and oxygen atoms in total. The summed E-state index contributed by atoms with van der Waals surface area (Å²) in [7, 11) is 0. The molecule has 1 N–H and O–H groups in total. The van der Waals surface area contributed by atoms with Crippen LogP contribution >= 0.6 is 0 Å². The molecule has 0 saturated carbocycles. The third kappa shape index (κ3) is 3.14. The first-order chi connectivity index (χ1) is 9.81. The Morgan fingerprint density at radius 1 is 0.950 bits per heavy atom. The van der Waals surface area contributed by atoms with Crippen molar-refractivity contribution in [3.63, 3.8) is 0 Å². The van der Waals surface area contributed by atoms with Crippen LogP contribution in [0.15, 0.2) is 60.7 Å². The summed E-state index contributed by atoms with van der Waals surface area (Å²) in [6, 6.07) is 17.5. The van der Waals surface area contributed by atoms with Crippen molar-refractivity contribution in [1.29, 1.82) is 0 Å². The molecule has 102 valence electrons. The molecule has 0 radical (unpaired) electrons. The SMILES string of the molecule is Fc1ccc(C2=CC[NH+](Cc3ccccc3)CC2)cc1. The lowest BCUT2D eigenvalue weighted by Gasteiger charge is -2.23. The number of rotatable bonds is 3. The fraction of sp³-hybridized carbons (Fsp3) is 0.222. The lowest BCUT2D eigenvalue weighted by atomic mass is 9.99. The first kappa shape index (κ1) is 13.1. The van der Waals surface area contributed by atoms with Gasteiger partial charge in [0.2, 0.25) is 0 Å². The minimum Gasteiger partial charge on any atom is -0.328 e. The van der Waals surface area contributed by atoms with Crippen LogP contribution in [0.25, 0.3) is 5.57 Å². The smallest absolute Gasteiger partial charge is 0.123 e. The molecule has 0 aromatic heterocycles. The quantitative estimate of drug-likeness (QED) is 0.873. The number of hydrogen-bond acceptors (Lipinski definition) is 0. The van der Waals surface area contributed by atoms with Gasteiger partial charge in [-0.3, -0.25) is 0 Å². The van der Waals surface area contributed by atoms with Gasteiger partial charge in [0.15, 0.2) is 0 Å². The maximum absolute atomic E-state index is 12.9. The molecule has 0 bridgehead atoms. The molecule has 0 aliphatic carbocycles. The summed E-state index contributed by atoms with van der Waals surface area (Å²) in [5.74, 6) is -0.165. The van der Waals surface area contributed by atoms with E-state index in [0.29, 0.717) is 0 Å². The van der Waals surface area contributed by atoms with Crippen LogP contribution in [0.2, 0.25) is 0 Å². The number of hydrogen-bond donors (Lipinski definition) is 1. The van der Waals surface area contributed by atoms with Gasteiger partial charge in [0, 0.05) is 12.0 Å². The van der Waals surface area contributed by atoms with Crippen LogP contribution in [-0.2, 0) is 6.54 Å². The Morgan fingerprint density at radius 2 is 1.70 bits per heavy atom. The van der Waals surface area contributed by atoms with Gasteiger partial charge in [-0.2, -0.15) is 0 Å². The maximum Gasteiger partial charge on any atom is 0.123 e. The van der Waals surface area contributed by atoms with E-state index in [9.17, 15) is 4.39 Å². The minimum absolute atomic E-state index is 0.165. The second-order valence-electron chi connectivity index (χ2n) is 5.35. The highest BCUT2D eigenvalue weighted by Crippen LogP contribution is 2.18. The van der Waals surface area contributed by atoms with E-state index in [1.807, 2.05) is 12.1 Å². The summed E-state index contributed by atoms with van der Waals surface area (Å²) in [5.41, 5.74) is 3.90. The Labute approximate surface area is 119 Å². The van der Waals surface area contributed by atoms with Crippen molar-refractivity contribution in [3.8, 4) is 0 Å².